The van der Waals surface area contributed by atoms with Gasteiger partial charge in [-0.1, -0.05) is 6.07 Å². The van der Waals surface area contributed by atoms with Crippen molar-refractivity contribution in [1.82, 2.24) is 4.90 Å². The first-order valence-corrected chi connectivity index (χ1v) is 9.83. The maximum absolute atomic E-state index is 13.7. The summed E-state index contributed by atoms with van der Waals surface area (Å²) in [7, 11) is 3.09. The molecular weight excluding hydrogens is 420 g/mol. The lowest BCUT2D eigenvalue weighted by Crippen LogP contribution is -2.51. The number of rotatable bonds is 6. The van der Waals surface area contributed by atoms with Crippen molar-refractivity contribution >= 4 is 12.4 Å². The van der Waals surface area contributed by atoms with Crippen LogP contribution in [-0.4, -0.2) is 49.7 Å². The molecule has 1 saturated carbocycles. The number of halogens is 4. The first-order valence-electron chi connectivity index (χ1n) is 9.83. The summed E-state index contributed by atoms with van der Waals surface area (Å²) in [6.07, 6.45) is -0.635. The van der Waals surface area contributed by atoms with Crippen molar-refractivity contribution in [2.75, 3.05) is 14.2 Å². The number of nitrogens with two attached hydrogens (primary N) is 2. The lowest BCUT2D eigenvalue weighted by Gasteiger charge is -2.40. The number of amides is 1. The number of nitrogens with zero attached hydrogens (tertiary/aromatic N) is 2. The van der Waals surface area contributed by atoms with Gasteiger partial charge in [0.25, 0.3) is 0 Å². The van der Waals surface area contributed by atoms with Crippen LogP contribution in [0.1, 0.15) is 42.9 Å². The van der Waals surface area contributed by atoms with Gasteiger partial charge in [0.05, 0.1) is 12.1 Å². The van der Waals surface area contributed by atoms with E-state index in [1.54, 1.807) is 13.2 Å². The molecular formula is C20H26F4N4O3. The quantitative estimate of drug-likeness (QED) is 0.230. The maximum atomic E-state index is 13.7. The van der Waals surface area contributed by atoms with E-state index in [1.807, 2.05) is 0 Å². The molecule has 1 aromatic carbocycles. The van der Waals surface area contributed by atoms with Gasteiger partial charge < -0.3 is 15.2 Å². The van der Waals surface area contributed by atoms with Crippen molar-refractivity contribution in [3.63, 3.8) is 0 Å². The van der Waals surface area contributed by atoms with Crippen LogP contribution in [0.2, 0.25) is 0 Å². The molecule has 172 valence electrons. The van der Waals surface area contributed by atoms with E-state index in [2.05, 4.69) is 15.5 Å². The molecule has 1 fully saturated rings. The van der Waals surface area contributed by atoms with Gasteiger partial charge in [0.15, 0.2) is 5.96 Å². The number of benzene rings is 1. The Morgan fingerprint density at radius 3 is 2.48 bits per heavy atom. The molecule has 31 heavy (non-hydrogen) atoms. The number of fused-ring (bicyclic) bond motifs is 1. The summed E-state index contributed by atoms with van der Waals surface area (Å²) in [5, 5.41) is 0. The van der Waals surface area contributed by atoms with Crippen LogP contribution >= 0.6 is 0 Å². The van der Waals surface area contributed by atoms with Gasteiger partial charge in [0.2, 0.25) is 6.41 Å². The van der Waals surface area contributed by atoms with Crippen molar-refractivity contribution < 1.29 is 31.8 Å². The fourth-order valence-corrected chi connectivity index (χ4v) is 4.41. The van der Waals surface area contributed by atoms with Gasteiger partial charge in [0.1, 0.15) is 5.75 Å². The number of methoxy groups -OCH3 is 1. The third-order valence-corrected chi connectivity index (χ3v) is 6.21. The van der Waals surface area contributed by atoms with Crippen LogP contribution < -0.4 is 16.2 Å². The van der Waals surface area contributed by atoms with E-state index in [1.165, 1.54) is 19.2 Å². The molecule has 0 aliphatic heterocycles. The van der Waals surface area contributed by atoms with Gasteiger partial charge >= 0.3 is 12.2 Å². The Morgan fingerprint density at radius 1 is 1.29 bits per heavy atom. The fourth-order valence-electron chi connectivity index (χ4n) is 4.41. The van der Waals surface area contributed by atoms with Gasteiger partial charge in [-0.05, 0) is 55.4 Å². The lowest BCUT2D eigenvalue weighted by molar-refractivity contribution is -0.306. The van der Waals surface area contributed by atoms with Gasteiger partial charge in [-0.15, -0.1) is 0 Å². The first kappa shape index (κ1) is 23.3. The summed E-state index contributed by atoms with van der Waals surface area (Å²) in [6, 6.07) is -1.36. The zero-order chi connectivity index (χ0) is 23.0. The molecule has 1 atom stereocenters. The molecule has 11 heteroatoms. The van der Waals surface area contributed by atoms with Crippen molar-refractivity contribution in [3.05, 3.63) is 29.3 Å². The third-order valence-electron chi connectivity index (χ3n) is 6.21. The fraction of sp³-hybridized carbons (Fsp3) is 0.600. The van der Waals surface area contributed by atoms with E-state index in [9.17, 15) is 22.4 Å². The summed E-state index contributed by atoms with van der Waals surface area (Å²) in [4.78, 5) is 16.7. The average Bonchev–Trinajstić information content (AvgIpc) is 2.99. The van der Waals surface area contributed by atoms with Crippen molar-refractivity contribution in [2.45, 2.75) is 56.4 Å². The molecule has 0 aromatic heterocycles. The number of carbonyl (C=O) groups excluding carboxylic acids is 1. The monoisotopic (exact) mass is 446 g/mol. The van der Waals surface area contributed by atoms with E-state index in [0.717, 1.165) is 36.1 Å². The van der Waals surface area contributed by atoms with E-state index >= 15 is 0 Å². The van der Waals surface area contributed by atoms with E-state index in [4.69, 9.17) is 10.5 Å². The lowest BCUT2D eigenvalue weighted by atomic mass is 9.68. The third kappa shape index (κ3) is 4.47. The highest BCUT2D eigenvalue weighted by Gasteiger charge is 2.57. The molecule has 7 nitrogen and oxygen atoms in total. The minimum atomic E-state index is -4.89. The molecule has 2 aliphatic rings. The van der Waals surface area contributed by atoms with Crippen LogP contribution in [0.15, 0.2) is 23.2 Å². The van der Waals surface area contributed by atoms with Crippen LogP contribution in [0.25, 0.3) is 0 Å². The molecule has 1 spiro atoms. The summed E-state index contributed by atoms with van der Waals surface area (Å²) in [6.45, 7) is 0. The standard InChI is InChI=1S/C20H26F4N4O3/c1-28(11-29)17(25)27-16-15-9-14(31-20(23,24)19(21,22)26)4-3-12(15)10-18(16)7-5-13(30-2)6-8-18/h3-4,9,11,13,16H,5-8,10,26H2,1-2H3,(H2,25,27). The molecule has 1 amide bonds. The molecule has 0 heterocycles. The van der Waals surface area contributed by atoms with E-state index in [-0.39, 0.29) is 17.5 Å². The molecule has 0 radical (unpaired) electrons. The Bertz CT molecular complexity index is 851. The van der Waals surface area contributed by atoms with Crippen molar-refractivity contribution in [3.8, 4) is 5.75 Å². The number of guanidine groups is 1. The predicted molar refractivity (Wildman–Crippen MR) is 105 cm³/mol. The average molecular weight is 446 g/mol. The Labute approximate surface area is 177 Å². The highest BCUT2D eigenvalue weighted by Crippen LogP contribution is 2.56. The van der Waals surface area contributed by atoms with E-state index in [0.29, 0.717) is 18.4 Å². The Hall–Kier alpha value is -2.40. The SMILES string of the molecule is COC1CCC2(CC1)Cc1ccc(OC(F)(F)C(N)(F)F)cc1C2N=C(N)N(C)C=O. The second kappa shape index (κ2) is 8.27. The van der Waals surface area contributed by atoms with Crippen LogP contribution in [0.5, 0.6) is 5.75 Å². The zero-order valence-electron chi connectivity index (χ0n) is 17.3. The Kier molecular flexibility index (Phi) is 6.21. The van der Waals surface area contributed by atoms with Gasteiger partial charge in [0, 0.05) is 19.6 Å². The summed E-state index contributed by atoms with van der Waals surface area (Å²) in [5.41, 5.74) is 11.2. The highest BCUT2D eigenvalue weighted by atomic mass is 19.3. The molecule has 0 saturated heterocycles. The largest absolute Gasteiger partial charge is 0.479 e. The Morgan fingerprint density at radius 2 is 1.94 bits per heavy atom. The molecule has 3 rings (SSSR count). The van der Waals surface area contributed by atoms with Crippen LogP contribution in [-0.2, 0) is 16.0 Å². The minimum absolute atomic E-state index is 0.0359. The second-order valence-electron chi connectivity index (χ2n) is 8.18. The highest BCUT2D eigenvalue weighted by molar-refractivity contribution is 5.87. The zero-order valence-corrected chi connectivity index (χ0v) is 17.3. The summed E-state index contributed by atoms with van der Waals surface area (Å²) < 4.78 is 63.0. The minimum Gasteiger partial charge on any atom is -0.427 e. The molecule has 0 bridgehead atoms. The Balaban J connectivity index is 1.99. The van der Waals surface area contributed by atoms with Gasteiger partial charge in [-0.2, -0.15) is 17.6 Å². The van der Waals surface area contributed by atoms with Gasteiger partial charge in [-0.25, -0.2) is 4.99 Å². The topological polar surface area (TPSA) is 103 Å². The molecule has 1 aromatic rings. The number of hydrogen-bond donors (Lipinski definition) is 2. The van der Waals surface area contributed by atoms with E-state index < -0.39 is 23.9 Å². The van der Waals surface area contributed by atoms with Gasteiger partial charge in [-0.3, -0.25) is 15.4 Å². The number of aliphatic imine (C=N–C) groups is 1. The summed E-state index contributed by atoms with van der Waals surface area (Å²) >= 11 is 0. The molecule has 1 unspecified atom stereocenters. The van der Waals surface area contributed by atoms with Crippen molar-refractivity contribution in [1.29, 1.82) is 0 Å². The normalized spacial score (nSPS) is 26.6. The number of ether oxygens (including phenoxy) is 2. The molecule has 2 aliphatic carbocycles. The maximum Gasteiger partial charge on any atom is 0.479 e. The van der Waals surface area contributed by atoms with Crippen LogP contribution in [0.4, 0.5) is 17.6 Å². The number of hydrogen-bond acceptors (Lipinski definition) is 5. The van der Waals surface area contributed by atoms with Crippen LogP contribution in [0.3, 0.4) is 0 Å². The number of alkyl halides is 4. The molecule has 4 N–H and O–H groups in total. The summed E-state index contributed by atoms with van der Waals surface area (Å²) in [5.74, 6) is -0.495. The van der Waals surface area contributed by atoms with Crippen molar-refractivity contribution in [2.24, 2.45) is 21.9 Å². The smallest absolute Gasteiger partial charge is 0.427 e. The second-order valence-corrected chi connectivity index (χ2v) is 8.18. The number of carbonyl (C=O) groups is 1. The van der Waals surface area contributed by atoms with Crippen LogP contribution in [0, 0.1) is 5.41 Å². The first-order chi connectivity index (χ1) is 14.4. The predicted octanol–water partition coefficient (Wildman–Crippen LogP) is 2.79.